The highest BCUT2D eigenvalue weighted by atomic mass is 16.5. The van der Waals surface area contributed by atoms with E-state index in [2.05, 4.69) is 44.7 Å². The van der Waals surface area contributed by atoms with Gasteiger partial charge in [0.25, 0.3) is 12.9 Å². The third-order valence-electron chi connectivity index (χ3n) is 5.89. The van der Waals surface area contributed by atoms with Gasteiger partial charge in [0.15, 0.2) is 0 Å². The second-order valence-electron chi connectivity index (χ2n) is 8.49. The van der Waals surface area contributed by atoms with Crippen LogP contribution < -0.4 is 9.47 Å². The third kappa shape index (κ3) is 6.76. The van der Waals surface area contributed by atoms with Crippen LogP contribution in [0.3, 0.4) is 0 Å². The van der Waals surface area contributed by atoms with Crippen LogP contribution in [0.25, 0.3) is 22.3 Å². The van der Waals surface area contributed by atoms with E-state index in [1.807, 2.05) is 48.5 Å². The van der Waals surface area contributed by atoms with E-state index >= 15 is 0 Å². The van der Waals surface area contributed by atoms with Gasteiger partial charge in [0.2, 0.25) is 0 Å². The van der Waals surface area contributed by atoms with Gasteiger partial charge in [-0.3, -0.25) is 9.59 Å². The van der Waals surface area contributed by atoms with Gasteiger partial charge in [-0.15, -0.1) is 0 Å². The van der Waals surface area contributed by atoms with Crippen LogP contribution in [0.15, 0.2) is 142 Å². The molecule has 0 saturated heterocycles. The van der Waals surface area contributed by atoms with E-state index in [4.69, 9.17) is 9.47 Å². The van der Waals surface area contributed by atoms with Crippen LogP contribution in [0.5, 0.6) is 11.5 Å². The van der Waals surface area contributed by atoms with Crippen molar-refractivity contribution in [3.63, 3.8) is 0 Å². The number of hydrogen-bond donors (Lipinski definition) is 0. The standard InChI is InChI=1S/C32H22N4O4/c37-21-39-31-17-13-29(14-18-31)35-33-27-9-5-25(6-10-27)23-1-2-24(4-3-23)26-7-11-28(12-8-26)34-36-30-15-19-32(20-16-30)40-22-38/h1-22H/b35-33+,36-34+. The number of ether oxygens (including phenoxy) is 2. The molecule has 0 spiro atoms. The molecule has 8 nitrogen and oxygen atoms in total. The second-order valence-corrected chi connectivity index (χ2v) is 8.49. The summed E-state index contributed by atoms with van der Waals surface area (Å²) in [4.78, 5) is 20.8. The highest BCUT2D eigenvalue weighted by molar-refractivity contribution is 5.72. The quantitative estimate of drug-likeness (QED) is 0.134. The lowest BCUT2D eigenvalue weighted by molar-refractivity contribution is -0.121. The predicted molar refractivity (Wildman–Crippen MR) is 152 cm³/mol. The van der Waals surface area contributed by atoms with E-state index in [0.29, 0.717) is 35.8 Å². The highest BCUT2D eigenvalue weighted by Gasteiger charge is 2.02. The van der Waals surface area contributed by atoms with Crippen LogP contribution in [0.1, 0.15) is 0 Å². The molecule has 0 amide bonds. The zero-order chi connectivity index (χ0) is 27.6. The number of nitrogens with zero attached hydrogens (tertiary/aromatic N) is 4. The molecule has 0 N–H and O–H groups in total. The molecule has 5 rings (SSSR count). The minimum Gasteiger partial charge on any atom is -0.429 e. The highest BCUT2D eigenvalue weighted by Crippen LogP contribution is 2.29. The Kier molecular flexibility index (Phi) is 8.19. The molecule has 0 aliphatic heterocycles. The Morgan fingerprint density at radius 2 is 0.575 bits per heavy atom. The number of carbonyl (C=O) groups excluding carboxylic acids is 2. The Bertz CT molecular complexity index is 1500. The van der Waals surface area contributed by atoms with E-state index in [1.54, 1.807) is 48.5 Å². The second kappa shape index (κ2) is 12.7. The minimum atomic E-state index is 0.386. The maximum absolute atomic E-state index is 10.4. The summed E-state index contributed by atoms with van der Waals surface area (Å²) in [6.45, 7) is 0.771. The molecule has 194 valence electrons. The van der Waals surface area contributed by atoms with Crippen molar-refractivity contribution in [1.29, 1.82) is 0 Å². The van der Waals surface area contributed by atoms with Crippen molar-refractivity contribution >= 4 is 35.7 Å². The first-order valence-corrected chi connectivity index (χ1v) is 12.3. The topological polar surface area (TPSA) is 102 Å². The first kappa shape index (κ1) is 25.9. The lowest BCUT2D eigenvalue weighted by Gasteiger charge is -2.06. The maximum atomic E-state index is 10.4. The molecule has 0 fully saturated rings. The summed E-state index contributed by atoms with van der Waals surface area (Å²) in [5.74, 6) is 0.909. The molecule has 8 heteroatoms. The van der Waals surface area contributed by atoms with Crippen molar-refractivity contribution in [1.82, 2.24) is 0 Å². The van der Waals surface area contributed by atoms with Gasteiger partial charge in [0, 0.05) is 0 Å². The number of benzene rings is 5. The first-order chi connectivity index (χ1) is 19.7. The fourth-order valence-corrected chi connectivity index (χ4v) is 3.82. The zero-order valence-corrected chi connectivity index (χ0v) is 21.1. The van der Waals surface area contributed by atoms with Crippen LogP contribution in [0.4, 0.5) is 22.7 Å². The van der Waals surface area contributed by atoms with Gasteiger partial charge in [-0.05, 0) is 95.1 Å². The predicted octanol–water partition coefficient (Wildman–Crippen LogP) is 8.92. The summed E-state index contributed by atoms with van der Waals surface area (Å²) in [6.07, 6.45) is 0. The Morgan fingerprint density at radius 3 is 0.825 bits per heavy atom. The van der Waals surface area contributed by atoms with Gasteiger partial charge in [-0.2, -0.15) is 20.5 Å². The third-order valence-corrected chi connectivity index (χ3v) is 5.89. The van der Waals surface area contributed by atoms with Gasteiger partial charge in [0.1, 0.15) is 11.5 Å². The molecule has 0 atom stereocenters. The Hall–Kier alpha value is -5.76. The Morgan fingerprint density at radius 1 is 0.350 bits per heavy atom. The van der Waals surface area contributed by atoms with Gasteiger partial charge in [-0.25, -0.2) is 0 Å². The minimum absolute atomic E-state index is 0.386. The Labute approximate surface area is 230 Å². The van der Waals surface area contributed by atoms with Crippen molar-refractivity contribution in [3.8, 4) is 33.8 Å². The average Bonchev–Trinajstić information content (AvgIpc) is 3.01. The molecular weight excluding hydrogens is 504 g/mol. The first-order valence-electron chi connectivity index (χ1n) is 12.3. The smallest absolute Gasteiger partial charge is 0.298 e. The summed E-state index contributed by atoms with van der Waals surface area (Å²) in [6, 6.07) is 37.6. The monoisotopic (exact) mass is 526 g/mol. The lowest BCUT2D eigenvalue weighted by atomic mass is 10.00. The summed E-state index contributed by atoms with van der Waals surface area (Å²) in [5, 5.41) is 17.0. The van der Waals surface area contributed by atoms with E-state index in [0.717, 1.165) is 33.6 Å². The molecule has 0 unspecified atom stereocenters. The number of carbonyl (C=O) groups is 2. The van der Waals surface area contributed by atoms with Gasteiger partial charge in [-0.1, -0.05) is 48.5 Å². The van der Waals surface area contributed by atoms with E-state index in [-0.39, 0.29) is 0 Å². The lowest BCUT2D eigenvalue weighted by Crippen LogP contribution is -1.86. The SMILES string of the molecule is O=COc1ccc(/N=N/c2ccc(-c3ccc(-c4ccc(/N=N/c5ccc(OC=O)cc5)cc4)cc3)cc2)cc1. The average molecular weight is 527 g/mol. The molecule has 0 radical (unpaired) electrons. The van der Waals surface area contributed by atoms with E-state index in [1.165, 1.54) is 0 Å². The molecule has 0 saturated carbocycles. The molecule has 0 aliphatic rings. The zero-order valence-electron chi connectivity index (χ0n) is 21.1. The molecule has 5 aromatic rings. The Balaban J connectivity index is 1.20. The fourth-order valence-electron chi connectivity index (χ4n) is 3.82. The van der Waals surface area contributed by atoms with Crippen LogP contribution in [-0.2, 0) is 9.59 Å². The normalized spacial score (nSPS) is 11.0. The largest absolute Gasteiger partial charge is 0.429 e. The fraction of sp³-hybridized carbons (Fsp3) is 0. The number of hydrogen-bond acceptors (Lipinski definition) is 8. The van der Waals surface area contributed by atoms with Crippen molar-refractivity contribution in [3.05, 3.63) is 121 Å². The maximum Gasteiger partial charge on any atom is 0.298 e. The van der Waals surface area contributed by atoms with Crippen LogP contribution in [0.2, 0.25) is 0 Å². The number of azo groups is 2. The van der Waals surface area contributed by atoms with Gasteiger partial charge in [0.05, 0.1) is 22.7 Å². The van der Waals surface area contributed by atoms with E-state index in [9.17, 15) is 9.59 Å². The van der Waals surface area contributed by atoms with E-state index < -0.39 is 0 Å². The van der Waals surface area contributed by atoms with Crippen LogP contribution >= 0.6 is 0 Å². The number of rotatable bonds is 10. The van der Waals surface area contributed by atoms with Crippen molar-refractivity contribution in [2.24, 2.45) is 20.5 Å². The van der Waals surface area contributed by atoms with Gasteiger partial charge < -0.3 is 9.47 Å². The summed E-state index contributed by atoms with van der Waals surface area (Å²) >= 11 is 0. The van der Waals surface area contributed by atoms with Crippen molar-refractivity contribution < 1.29 is 19.1 Å². The molecule has 0 aromatic heterocycles. The van der Waals surface area contributed by atoms with Crippen molar-refractivity contribution in [2.75, 3.05) is 0 Å². The summed E-state index contributed by atoms with van der Waals surface area (Å²) in [7, 11) is 0. The molecule has 0 heterocycles. The molecule has 0 aliphatic carbocycles. The van der Waals surface area contributed by atoms with Crippen molar-refractivity contribution in [2.45, 2.75) is 0 Å². The molecule has 40 heavy (non-hydrogen) atoms. The van der Waals surface area contributed by atoms with Crippen LogP contribution in [0, 0.1) is 0 Å². The summed E-state index contributed by atoms with van der Waals surface area (Å²) < 4.78 is 9.55. The molecule has 5 aromatic carbocycles. The molecule has 0 bridgehead atoms. The molecular formula is C32H22N4O4. The summed E-state index contributed by atoms with van der Waals surface area (Å²) in [5.41, 5.74) is 7.10. The van der Waals surface area contributed by atoms with Gasteiger partial charge >= 0.3 is 0 Å². The van der Waals surface area contributed by atoms with Crippen LogP contribution in [-0.4, -0.2) is 12.9 Å².